The smallest absolute Gasteiger partial charge is 0.325 e. The number of carbonyl (C=O) groups excluding carboxylic acids is 3. The van der Waals surface area contributed by atoms with Crippen molar-refractivity contribution in [1.29, 1.82) is 0 Å². The predicted octanol–water partition coefficient (Wildman–Crippen LogP) is 0.265. The van der Waals surface area contributed by atoms with Gasteiger partial charge in [0.2, 0.25) is 11.8 Å². The van der Waals surface area contributed by atoms with Crippen molar-refractivity contribution in [2.75, 3.05) is 26.7 Å². The Morgan fingerprint density at radius 3 is 2.53 bits per heavy atom. The van der Waals surface area contributed by atoms with Crippen molar-refractivity contribution in [2.24, 2.45) is 5.92 Å². The minimum absolute atomic E-state index is 0.00229. The summed E-state index contributed by atoms with van der Waals surface area (Å²) in [5, 5.41) is 0. The second-order valence-electron chi connectivity index (χ2n) is 4.97. The SMILES string of the molecule is CCN(CC(=O)OC)C(=O)C1CC(=O)N(C(C)C)C1. The van der Waals surface area contributed by atoms with Gasteiger partial charge in [-0.1, -0.05) is 0 Å². The zero-order valence-corrected chi connectivity index (χ0v) is 12.0. The fourth-order valence-electron chi connectivity index (χ4n) is 2.22. The van der Waals surface area contributed by atoms with Crippen molar-refractivity contribution >= 4 is 17.8 Å². The molecule has 0 radical (unpaired) electrons. The summed E-state index contributed by atoms with van der Waals surface area (Å²) in [6, 6.07) is 0.0981. The van der Waals surface area contributed by atoms with Crippen LogP contribution in [0.25, 0.3) is 0 Å². The number of rotatable bonds is 5. The second kappa shape index (κ2) is 6.54. The van der Waals surface area contributed by atoms with Gasteiger partial charge in [-0.15, -0.1) is 0 Å². The Morgan fingerprint density at radius 2 is 2.11 bits per heavy atom. The van der Waals surface area contributed by atoms with Crippen LogP contribution in [0.5, 0.6) is 0 Å². The lowest BCUT2D eigenvalue weighted by atomic mass is 10.1. The molecule has 0 aromatic rings. The molecule has 19 heavy (non-hydrogen) atoms. The Morgan fingerprint density at radius 1 is 1.47 bits per heavy atom. The Hall–Kier alpha value is -1.59. The summed E-state index contributed by atoms with van der Waals surface area (Å²) in [7, 11) is 1.29. The van der Waals surface area contributed by atoms with Gasteiger partial charge in [-0.3, -0.25) is 14.4 Å². The average Bonchev–Trinajstić information content (AvgIpc) is 2.77. The summed E-state index contributed by atoms with van der Waals surface area (Å²) in [4.78, 5) is 38.4. The molecule has 6 nitrogen and oxygen atoms in total. The molecule has 0 saturated carbocycles. The first-order valence-electron chi connectivity index (χ1n) is 6.55. The molecule has 1 heterocycles. The molecule has 1 aliphatic rings. The second-order valence-corrected chi connectivity index (χ2v) is 4.97. The molecule has 1 atom stereocenters. The fourth-order valence-corrected chi connectivity index (χ4v) is 2.22. The van der Waals surface area contributed by atoms with Crippen molar-refractivity contribution < 1.29 is 19.1 Å². The zero-order chi connectivity index (χ0) is 14.6. The molecule has 0 aromatic carbocycles. The van der Waals surface area contributed by atoms with Crippen molar-refractivity contribution in [3.8, 4) is 0 Å². The molecule has 0 aliphatic carbocycles. The number of nitrogens with zero attached hydrogens (tertiary/aromatic N) is 2. The highest BCUT2D eigenvalue weighted by Gasteiger charge is 2.37. The maximum atomic E-state index is 12.3. The van der Waals surface area contributed by atoms with Crippen LogP contribution in [0.4, 0.5) is 0 Å². The molecule has 1 rings (SSSR count). The van der Waals surface area contributed by atoms with Crippen LogP contribution in [-0.4, -0.2) is 60.4 Å². The molecule has 1 saturated heterocycles. The standard InChI is InChI=1S/C13H22N2O4/c1-5-14(8-12(17)19-4)13(18)10-6-11(16)15(7-10)9(2)3/h9-10H,5-8H2,1-4H3. The normalized spacial score (nSPS) is 18.9. The van der Waals surface area contributed by atoms with Gasteiger partial charge in [0.05, 0.1) is 13.0 Å². The summed E-state index contributed by atoms with van der Waals surface area (Å²) in [5.74, 6) is -0.938. The van der Waals surface area contributed by atoms with Crippen molar-refractivity contribution in [3.05, 3.63) is 0 Å². The summed E-state index contributed by atoms with van der Waals surface area (Å²) < 4.78 is 4.57. The predicted molar refractivity (Wildman–Crippen MR) is 69.2 cm³/mol. The third kappa shape index (κ3) is 3.68. The zero-order valence-electron chi connectivity index (χ0n) is 12.0. The third-order valence-corrected chi connectivity index (χ3v) is 3.37. The van der Waals surface area contributed by atoms with E-state index < -0.39 is 5.97 Å². The molecular formula is C13H22N2O4. The lowest BCUT2D eigenvalue weighted by Gasteiger charge is -2.24. The van der Waals surface area contributed by atoms with Crippen LogP contribution in [0.15, 0.2) is 0 Å². The number of amides is 2. The Kier molecular flexibility index (Phi) is 5.32. The highest BCUT2D eigenvalue weighted by atomic mass is 16.5. The Bertz CT molecular complexity index is 368. The summed E-state index contributed by atoms with van der Waals surface area (Å²) in [5.41, 5.74) is 0. The molecule has 6 heteroatoms. The van der Waals surface area contributed by atoms with Crippen molar-refractivity contribution in [1.82, 2.24) is 9.80 Å². The first-order valence-corrected chi connectivity index (χ1v) is 6.55. The number of hydrogen-bond donors (Lipinski definition) is 0. The van der Waals surface area contributed by atoms with Gasteiger partial charge in [-0.25, -0.2) is 0 Å². The van der Waals surface area contributed by atoms with Gasteiger partial charge in [-0.05, 0) is 20.8 Å². The van der Waals surface area contributed by atoms with E-state index in [9.17, 15) is 14.4 Å². The van der Waals surface area contributed by atoms with Gasteiger partial charge in [0, 0.05) is 25.6 Å². The van der Waals surface area contributed by atoms with Crippen LogP contribution in [0.3, 0.4) is 0 Å². The Labute approximate surface area is 113 Å². The van der Waals surface area contributed by atoms with E-state index in [1.807, 2.05) is 13.8 Å². The number of likely N-dealkylation sites (N-methyl/N-ethyl adjacent to an activating group) is 1. The lowest BCUT2D eigenvalue weighted by molar-refractivity contribution is -0.148. The topological polar surface area (TPSA) is 66.9 Å². The van der Waals surface area contributed by atoms with Crippen LogP contribution in [0, 0.1) is 5.92 Å². The molecule has 0 aromatic heterocycles. The molecule has 1 aliphatic heterocycles. The van der Waals surface area contributed by atoms with E-state index in [0.717, 1.165) is 0 Å². The van der Waals surface area contributed by atoms with Gasteiger partial charge < -0.3 is 14.5 Å². The minimum atomic E-state index is -0.444. The molecule has 1 unspecified atom stereocenters. The van der Waals surface area contributed by atoms with Gasteiger partial charge in [0.25, 0.3) is 0 Å². The number of ether oxygens (including phenoxy) is 1. The molecule has 108 valence electrons. The van der Waals surface area contributed by atoms with E-state index in [2.05, 4.69) is 4.74 Å². The monoisotopic (exact) mass is 270 g/mol. The molecular weight excluding hydrogens is 248 g/mol. The van der Waals surface area contributed by atoms with E-state index in [0.29, 0.717) is 13.1 Å². The van der Waals surface area contributed by atoms with Crippen molar-refractivity contribution in [2.45, 2.75) is 33.2 Å². The quantitative estimate of drug-likeness (QED) is 0.672. The largest absolute Gasteiger partial charge is 0.468 e. The first kappa shape index (κ1) is 15.5. The van der Waals surface area contributed by atoms with E-state index in [4.69, 9.17) is 0 Å². The van der Waals surface area contributed by atoms with E-state index in [1.54, 1.807) is 11.8 Å². The maximum Gasteiger partial charge on any atom is 0.325 e. The molecule has 1 fully saturated rings. The third-order valence-electron chi connectivity index (χ3n) is 3.37. The number of likely N-dealkylation sites (tertiary alicyclic amines) is 1. The van der Waals surface area contributed by atoms with Crippen LogP contribution in [0.2, 0.25) is 0 Å². The maximum absolute atomic E-state index is 12.3. The lowest BCUT2D eigenvalue weighted by Crippen LogP contribution is -2.41. The Balaban J connectivity index is 2.67. The summed E-state index contributed by atoms with van der Waals surface area (Å²) >= 11 is 0. The van der Waals surface area contributed by atoms with Gasteiger partial charge in [-0.2, -0.15) is 0 Å². The van der Waals surface area contributed by atoms with E-state index in [-0.39, 0.29) is 36.7 Å². The molecule has 0 spiro atoms. The van der Waals surface area contributed by atoms with E-state index >= 15 is 0 Å². The molecule has 0 bridgehead atoms. The summed E-state index contributed by atoms with van der Waals surface area (Å²) in [6.45, 7) is 6.47. The number of carbonyl (C=O) groups is 3. The highest BCUT2D eigenvalue weighted by Crippen LogP contribution is 2.22. The fraction of sp³-hybridized carbons (Fsp3) is 0.769. The number of methoxy groups -OCH3 is 1. The van der Waals surface area contributed by atoms with Crippen LogP contribution in [0.1, 0.15) is 27.2 Å². The van der Waals surface area contributed by atoms with Gasteiger partial charge >= 0.3 is 5.97 Å². The van der Waals surface area contributed by atoms with E-state index in [1.165, 1.54) is 12.0 Å². The summed E-state index contributed by atoms with van der Waals surface area (Å²) in [6.07, 6.45) is 0.231. The van der Waals surface area contributed by atoms with Gasteiger partial charge in [0.15, 0.2) is 0 Å². The molecule has 2 amide bonds. The van der Waals surface area contributed by atoms with Crippen LogP contribution < -0.4 is 0 Å². The number of esters is 1. The minimum Gasteiger partial charge on any atom is -0.468 e. The van der Waals surface area contributed by atoms with Gasteiger partial charge in [0.1, 0.15) is 6.54 Å². The van der Waals surface area contributed by atoms with Crippen molar-refractivity contribution in [3.63, 3.8) is 0 Å². The first-order chi connectivity index (χ1) is 8.90. The van der Waals surface area contributed by atoms with Crippen LogP contribution >= 0.6 is 0 Å². The molecule has 0 N–H and O–H groups in total. The number of hydrogen-bond acceptors (Lipinski definition) is 4. The average molecular weight is 270 g/mol. The highest BCUT2D eigenvalue weighted by molar-refractivity contribution is 5.90. The van der Waals surface area contributed by atoms with Crippen LogP contribution in [-0.2, 0) is 19.1 Å².